The monoisotopic (exact) mass is 460 g/mol. The molecule has 3 rings (SSSR count). The van der Waals surface area contributed by atoms with Crippen LogP contribution in [-0.2, 0) is 15.6 Å². The van der Waals surface area contributed by atoms with Gasteiger partial charge >= 0.3 is 0 Å². The molecule has 0 radical (unpaired) electrons. The lowest BCUT2D eigenvalue weighted by Crippen LogP contribution is -2.42. The van der Waals surface area contributed by atoms with Gasteiger partial charge in [0.25, 0.3) is 5.91 Å². The largest absolute Gasteiger partial charge is 0.335 e. The number of carbonyl (C=O) groups is 1. The van der Waals surface area contributed by atoms with Crippen molar-refractivity contribution in [1.82, 2.24) is 9.88 Å². The summed E-state index contributed by atoms with van der Waals surface area (Å²) in [5.74, 6) is -0.583. The van der Waals surface area contributed by atoms with Crippen LogP contribution in [0.4, 0.5) is 0 Å². The quantitative estimate of drug-likeness (QED) is 0.599. The highest BCUT2D eigenvalue weighted by molar-refractivity contribution is 7.90. The smallest absolute Gasteiger partial charge is 0.272 e. The van der Waals surface area contributed by atoms with Gasteiger partial charge in [-0.2, -0.15) is 0 Å². The summed E-state index contributed by atoms with van der Waals surface area (Å²) in [6.07, 6.45) is 3.01. The molecule has 0 aliphatic carbocycles. The first kappa shape index (κ1) is 21.4. The molecule has 5 nitrogen and oxygen atoms in total. The number of benzene rings is 1. The van der Waals surface area contributed by atoms with Gasteiger partial charge in [0.2, 0.25) is 0 Å². The van der Waals surface area contributed by atoms with Gasteiger partial charge in [-0.1, -0.05) is 40.9 Å². The maximum Gasteiger partial charge on any atom is 0.272 e. The van der Waals surface area contributed by atoms with E-state index in [-0.39, 0.29) is 43.3 Å². The molecule has 0 N–H and O–H groups in total. The van der Waals surface area contributed by atoms with Crippen LogP contribution in [0.5, 0.6) is 0 Å². The SMILES string of the molecule is CC1CCCCN1C(=O)c1cccc(CS(=O)(=O)c2cc(Cl)c(Cl)cc2Cl)n1. The van der Waals surface area contributed by atoms with Crippen LogP contribution >= 0.6 is 34.8 Å². The fourth-order valence-electron chi connectivity index (χ4n) is 3.24. The summed E-state index contributed by atoms with van der Waals surface area (Å²) in [6, 6.07) is 7.47. The molecule has 0 saturated carbocycles. The van der Waals surface area contributed by atoms with Crippen molar-refractivity contribution < 1.29 is 13.2 Å². The summed E-state index contributed by atoms with van der Waals surface area (Å²) >= 11 is 17.9. The minimum atomic E-state index is -3.82. The third-order valence-corrected chi connectivity index (χ3v) is 7.57. The van der Waals surface area contributed by atoms with E-state index in [0.717, 1.165) is 19.3 Å². The van der Waals surface area contributed by atoms with E-state index >= 15 is 0 Å². The van der Waals surface area contributed by atoms with Crippen LogP contribution in [0.2, 0.25) is 15.1 Å². The molecule has 1 saturated heterocycles. The van der Waals surface area contributed by atoms with E-state index in [9.17, 15) is 13.2 Å². The van der Waals surface area contributed by atoms with Crippen LogP contribution in [0, 0.1) is 0 Å². The molecule has 1 aromatic heterocycles. The number of hydrogen-bond donors (Lipinski definition) is 0. The van der Waals surface area contributed by atoms with Gasteiger partial charge in [0.05, 0.1) is 31.4 Å². The van der Waals surface area contributed by atoms with Crippen molar-refractivity contribution >= 4 is 50.5 Å². The minimum absolute atomic E-state index is 0.0104. The number of halogens is 3. The summed E-state index contributed by atoms with van der Waals surface area (Å²) in [4.78, 5) is 18.8. The van der Waals surface area contributed by atoms with Gasteiger partial charge in [-0.05, 0) is 50.5 Å². The average Bonchev–Trinajstić information content (AvgIpc) is 2.64. The molecule has 1 fully saturated rings. The molecule has 28 heavy (non-hydrogen) atoms. The number of likely N-dealkylation sites (tertiary alicyclic amines) is 1. The van der Waals surface area contributed by atoms with Crippen molar-refractivity contribution in [3.8, 4) is 0 Å². The van der Waals surface area contributed by atoms with E-state index in [4.69, 9.17) is 34.8 Å². The molecule has 0 spiro atoms. The molecule has 1 atom stereocenters. The van der Waals surface area contributed by atoms with E-state index in [1.165, 1.54) is 12.1 Å². The van der Waals surface area contributed by atoms with Crippen LogP contribution in [-0.4, -0.2) is 36.8 Å². The molecule has 1 aromatic carbocycles. The third-order valence-electron chi connectivity index (χ3n) is 4.74. The first-order valence-corrected chi connectivity index (χ1v) is 11.6. The number of amides is 1. The number of aromatic nitrogens is 1. The van der Waals surface area contributed by atoms with Crippen LogP contribution in [0.15, 0.2) is 35.2 Å². The Morgan fingerprint density at radius 1 is 1.14 bits per heavy atom. The first-order valence-electron chi connectivity index (χ1n) is 8.83. The van der Waals surface area contributed by atoms with Crippen molar-refractivity contribution in [3.05, 3.63) is 56.8 Å². The number of sulfone groups is 1. The summed E-state index contributed by atoms with van der Waals surface area (Å²) in [5.41, 5.74) is 0.499. The second-order valence-electron chi connectivity index (χ2n) is 6.81. The Kier molecular flexibility index (Phi) is 6.54. The fraction of sp³-hybridized carbons (Fsp3) is 0.368. The number of nitrogens with zero attached hydrogens (tertiary/aromatic N) is 2. The fourth-order valence-corrected chi connectivity index (χ4v) is 5.56. The highest BCUT2D eigenvalue weighted by atomic mass is 35.5. The maximum atomic E-state index is 12.8. The number of carbonyl (C=O) groups excluding carboxylic acids is 1. The Hall–Kier alpha value is -1.34. The van der Waals surface area contributed by atoms with Gasteiger partial charge in [-0.15, -0.1) is 0 Å². The molecule has 1 aliphatic heterocycles. The van der Waals surface area contributed by atoms with E-state index in [0.29, 0.717) is 6.54 Å². The molecular weight excluding hydrogens is 443 g/mol. The van der Waals surface area contributed by atoms with Crippen molar-refractivity contribution in [2.24, 2.45) is 0 Å². The summed E-state index contributed by atoms with van der Waals surface area (Å²) < 4.78 is 25.6. The number of pyridine rings is 1. The number of piperidine rings is 1. The highest BCUT2D eigenvalue weighted by Gasteiger charge is 2.26. The number of hydrogen-bond acceptors (Lipinski definition) is 4. The van der Waals surface area contributed by atoms with Crippen molar-refractivity contribution in [3.63, 3.8) is 0 Å². The second-order valence-corrected chi connectivity index (χ2v) is 9.99. The highest BCUT2D eigenvalue weighted by Crippen LogP contribution is 2.33. The number of rotatable bonds is 4. The van der Waals surface area contributed by atoms with E-state index in [1.807, 2.05) is 6.92 Å². The maximum absolute atomic E-state index is 12.8. The molecular formula is C19H19Cl3N2O3S. The summed E-state index contributed by atoms with van der Waals surface area (Å²) in [7, 11) is -3.82. The Morgan fingerprint density at radius 2 is 1.86 bits per heavy atom. The molecule has 9 heteroatoms. The van der Waals surface area contributed by atoms with Crippen molar-refractivity contribution in [1.29, 1.82) is 0 Å². The van der Waals surface area contributed by atoms with Crippen molar-refractivity contribution in [2.45, 2.75) is 42.9 Å². The van der Waals surface area contributed by atoms with Gasteiger partial charge < -0.3 is 4.90 Å². The van der Waals surface area contributed by atoms with Crippen LogP contribution in [0.1, 0.15) is 42.4 Å². The zero-order valence-electron chi connectivity index (χ0n) is 15.2. The minimum Gasteiger partial charge on any atom is -0.335 e. The van der Waals surface area contributed by atoms with Gasteiger partial charge in [-0.3, -0.25) is 4.79 Å². The van der Waals surface area contributed by atoms with Crippen LogP contribution < -0.4 is 0 Å². The van der Waals surface area contributed by atoms with E-state index < -0.39 is 15.6 Å². The van der Waals surface area contributed by atoms with Gasteiger partial charge in [0.1, 0.15) is 5.69 Å². The Morgan fingerprint density at radius 3 is 2.57 bits per heavy atom. The molecule has 2 aromatic rings. The first-order chi connectivity index (χ1) is 13.2. The Balaban J connectivity index is 1.86. The topological polar surface area (TPSA) is 67.3 Å². The standard InChI is InChI=1S/C19H19Cl3N2O3S/c1-12-5-2-3-8-24(12)19(25)17-7-4-6-13(23-17)11-28(26,27)18-10-15(21)14(20)9-16(18)22/h4,6-7,9-10,12H,2-3,5,8,11H2,1H3. The third kappa shape index (κ3) is 4.62. The average molecular weight is 462 g/mol. The zero-order valence-corrected chi connectivity index (χ0v) is 18.2. The molecule has 1 aliphatic rings. The van der Waals surface area contributed by atoms with Gasteiger partial charge in [0.15, 0.2) is 9.84 Å². The van der Waals surface area contributed by atoms with Crippen LogP contribution in [0.3, 0.4) is 0 Å². The lowest BCUT2D eigenvalue weighted by atomic mass is 10.0. The van der Waals surface area contributed by atoms with Crippen LogP contribution in [0.25, 0.3) is 0 Å². The predicted octanol–water partition coefficient (Wildman–Crippen LogP) is 5.03. The lowest BCUT2D eigenvalue weighted by Gasteiger charge is -2.33. The lowest BCUT2D eigenvalue weighted by molar-refractivity contribution is 0.0629. The Labute approximate surface area is 179 Å². The summed E-state index contributed by atoms with van der Waals surface area (Å²) in [5, 5.41) is 0.261. The second kappa shape index (κ2) is 8.57. The van der Waals surface area contributed by atoms with Crippen molar-refractivity contribution in [2.75, 3.05) is 6.54 Å². The van der Waals surface area contributed by atoms with E-state index in [2.05, 4.69) is 4.98 Å². The summed E-state index contributed by atoms with van der Waals surface area (Å²) in [6.45, 7) is 2.70. The molecule has 1 unspecified atom stereocenters. The van der Waals surface area contributed by atoms with Gasteiger partial charge in [0, 0.05) is 12.6 Å². The normalized spacial score (nSPS) is 17.6. The van der Waals surface area contributed by atoms with Gasteiger partial charge in [-0.25, -0.2) is 13.4 Å². The molecule has 2 heterocycles. The molecule has 150 valence electrons. The predicted molar refractivity (Wildman–Crippen MR) is 111 cm³/mol. The zero-order chi connectivity index (χ0) is 20.5. The Bertz CT molecular complexity index is 1010. The molecule has 0 bridgehead atoms. The van der Waals surface area contributed by atoms with E-state index in [1.54, 1.807) is 23.1 Å². The molecule has 1 amide bonds.